The largest absolute Gasteiger partial charge is 0.344 e. The maximum Gasteiger partial charge on any atom is 0.245 e. The molecule has 5 heteroatoms. The Kier molecular flexibility index (Phi) is 6.03. The van der Waals surface area contributed by atoms with E-state index < -0.39 is 0 Å². The summed E-state index contributed by atoms with van der Waals surface area (Å²) in [6.07, 6.45) is 5.64. The number of carbonyl (C=O) groups is 2. The van der Waals surface area contributed by atoms with Crippen molar-refractivity contribution in [1.29, 1.82) is 0 Å². The lowest BCUT2D eigenvalue weighted by Crippen LogP contribution is -2.45. The van der Waals surface area contributed by atoms with Gasteiger partial charge in [0.05, 0.1) is 0 Å². The molecule has 0 spiro atoms. The lowest BCUT2D eigenvalue weighted by Gasteiger charge is -2.31. The number of likely N-dealkylation sites (tertiary alicyclic amines) is 1. The van der Waals surface area contributed by atoms with Gasteiger partial charge in [0.2, 0.25) is 11.8 Å². The van der Waals surface area contributed by atoms with Crippen molar-refractivity contribution < 1.29 is 9.59 Å². The Morgan fingerprint density at radius 2 is 1.86 bits per heavy atom. The van der Waals surface area contributed by atoms with Crippen molar-refractivity contribution in [2.45, 2.75) is 51.5 Å². The minimum atomic E-state index is -0.303. The molecular weight excluding hydrogens is 266 g/mol. The van der Waals surface area contributed by atoms with Gasteiger partial charge in [0.25, 0.3) is 0 Å². The molecule has 1 unspecified atom stereocenters. The van der Waals surface area contributed by atoms with Crippen LogP contribution >= 0.6 is 0 Å². The second kappa shape index (κ2) is 7.78. The van der Waals surface area contributed by atoms with Crippen LogP contribution in [-0.2, 0) is 9.59 Å². The molecule has 1 atom stereocenters. The van der Waals surface area contributed by atoms with Crippen LogP contribution in [0, 0.1) is 5.92 Å². The van der Waals surface area contributed by atoms with Gasteiger partial charge < -0.3 is 15.1 Å². The van der Waals surface area contributed by atoms with Crippen LogP contribution in [-0.4, -0.2) is 60.9 Å². The fraction of sp³-hybridized carbons (Fsp3) is 0.875. The monoisotopic (exact) mass is 295 g/mol. The molecule has 120 valence electrons. The average Bonchev–Trinajstić information content (AvgIpc) is 2.60. The van der Waals surface area contributed by atoms with Crippen molar-refractivity contribution in [3.05, 3.63) is 0 Å². The zero-order chi connectivity index (χ0) is 15.2. The van der Waals surface area contributed by atoms with Crippen LogP contribution < -0.4 is 5.32 Å². The van der Waals surface area contributed by atoms with E-state index in [1.54, 1.807) is 0 Å². The number of carbonyl (C=O) groups excluding carboxylic acids is 2. The maximum atomic E-state index is 12.5. The molecular formula is C16H29N3O2. The number of nitrogens with zero attached hydrogens (tertiary/aromatic N) is 2. The van der Waals surface area contributed by atoms with Crippen molar-refractivity contribution in [3.8, 4) is 0 Å². The van der Waals surface area contributed by atoms with Crippen molar-refractivity contribution in [3.63, 3.8) is 0 Å². The first kappa shape index (κ1) is 16.3. The van der Waals surface area contributed by atoms with E-state index >= 15 is 0 Å². The molecule has 0 aromatic rings. The molecule has 5 nitrogen and oxygen atoms in total. The van der Waals surface area contributed by atoms with Gasteiger partial charge in [-0.15, -0.1) is 0 Å². The third-order valence-electron chi connectivity index (χ3n) is 4.78. The van der Waals surface area contributed by atoms with E-state index in [9.17, 15) is 9.59 Å². The molecule has 2 fully saturated rings. The van der Waals surface area contributed by atoms with Crippen molar-refractivity contribution in [1.82, 2.24) is 15.1 Å². The van der Waals surface area contributed by atoms with Gasteiger partial charge in [0, 0.05) is 19.5 Å². The molecule has 0 aliphatic carbocycles. The summed E-state index contributed by atoms with van der Waals surface area (Å²) >= 11 is 0. The molecule has 1 N–H and O–H groups in total. The van der Waals surface area contributed by atoms with Crippen LogP contribution in [0.1, 0.15) is 45.4 Å². The van der Waals surface area contributed by atoms with Crippen LogP contribution in [0.4, 0.5) is 0 Å². The molecule has 0 saturated carbocycles. The highest BCUT2D eigenvalue weighted by Gasteiger charge is 2.29. The smallest absolute Gasteiger partial charge is 0.245 e. The summed E-state index contributed by atoms with van der Waals surface area (Å²) in [4.78, 5) is 28.5. The molecule has 0 bridgehead atoms. The Hall–Kier alpha value is -1.10. The van der Waals surface area contributed by atoms with Gasteiger partial charge in [-0.1, -0.05) is 13.3 Å². The number of rotatable bonds is 5. The molecule has 2 heterocycles. The van der Waals surface area contributed by atoms with Gasteiger partial charge in [0.15, 0.2) is 0 Å². The molecule has 0 aromatic carbocycles. The predicted octanol–water partition coefficient (Wildman–Crippen LogP) is 1.24. The van der Waals surface area contributed by atoms with E-state index in [1.807, 2.05) is 11.8 Å². The number of hydrogen-bond acceptors (Lipinski definition) is 3. The summed E-state index contributed by atoms with van der Waals surface area (Å²) in [7, 11) is 2.17. The molecule has 0 aromatic heterocycles. The highest BCUT2D eigenvalue weighted by atomic mass is 16.2. The van der Waals surface area contributed by atoms with E-state index in [4.69, 9.17) is 0 Å². The van der Waals surface area contributed by atoms with Crippen molar-refractivity contribution in [2.75, 3.05) is 33.2 Å². The zero-order valence-corrected chi connectivity index (χ0v) is 13.4. The van der Waals surface area contributed by atoms with Gasteiger partial charge >= 0.3 is 0 Å². The van der Waals surface area contributed by atoms with Gasteiger partial charge in [-0.2, -0.15) is 0 Å². The Morgan fingerprint density at radius 1 is 1.14 bits per heavy atom. The van der Waals surface area contributed by atoms with Gasteiger partial charge in [-0.25, -0.2) is 0 Å². The molecule has 2 saturated heterocycles. The van der Waals surface area contributed by atoms with Crippen LogP contribution in [0.5, 0.6) is 0 Å². The minimum absolute atomic E-state index is 0.0172. The van der Waals surface area contributed by atoms with E-state index in [-0.39, 0.29) is 17.9 Å². The number of piperidine rings is 1. The Balaban J connectivity index is 1.85. The first-order valence-corrected chi connectivity index (χ1v) is 8.36. The summed E-state index contributed by atoms with van der Waals surface area (Å²) in [6, 6.07) is -0.303. The second-order valence-corrected chi connectivity index (χ2v) is 6.52. The van der Waals surface area contributed by atoms with Gasteiger partial charge in [-0.05, 0) is 51.7 Å². The first-order valence-electron chi connectivity index (χ1n) is 8.36. The van der Waals surface area contributed by atoms with E-state index in [0.29, 0.717) is 13.0 Å². The Labute approximate surface area is 128 Å². The molecule has 2 aliphatic heterocycles. The number of amides is 2. The SMILES string of the molecule is CCCC1NC(=O)CCN(CCC2CCN(C)CC2)C1=O. The van der Waals surface area contributed by atoms with E-state index in [2.05, 4.69) is 17.3 Å². The average molecular weight is 295 g/mol. The fourth-order valence-corrected chi connectivity index (χ4v) is 3.29. The van der Waals surface area contributed by atoms with Gasteiger partial charge in [0.1, 0.15) is 6.04 Å². The highest BCUT2D eigenvalue weighted by Crippen LogP contribution is 2.20. The van der Waals surface area contributed by atoms with Crippen molar-refractivity contribution in [2.24, 2.45) is 5.92 Å². The van der Waals surface area contributed by atoms with Crippen molar-refractivity contribution >= 4 is 11.8 Å². The van der Waals surface area contributed by atoms with Crippen LogP contribution in [0.15, 0.2) is 0 Å². The van der Waals surface area contributed by atoms with E-state index in [1.165, 1.54) is 12.8 Å². The van der Waals surface area contributed by atoms with Crippen LogP contribution in [0.3, 0.4) is 0 Å². The fourth-order valence-electron chi connectivity index (χ4n) is 3.29. The normalized spacial score (nSPS) is 25.8. The first-order chi connectivity index (χ1) is 10.1. The van der Waals surface area contributed by atoms with Gasteiger partial charge in [-0.3, -0.25) is 9.59 Å². The molecule has 0 radical (unpaired) electrons. The lowest BCUT2D eigenvalue weighted by molar-refractivity contribution is -0.133. The summed E-state index contributed by atoms with van der Waals surface area (Å²) in [5.41, 5.74) is 0. The minimum Gasteiger partial charge on any atom is -0.344 e. The molecule has 2 aliphatic rings. The lowest BCUT2D eigenvalue weighted by atomic mass is 9.93. The standard InChI is InChI=1S/C16H29N3O2/c1-3-4-14-16(21)19(12-8-15(20)17-14)11-7-13-5-9-18(2)10-6-13/h13-14H,3-12H2,1-2H3,(H,17,20). The van der Waals surface area contributed by atoms with Crippen LogP contribution in [0.2, 0.25) is 0 Å². The molecule has 21 heavy (non-hydrogen) atoms. The highest BCUT2D eigenvalue weighted by molar-refractivity contribution is 5.89. The van der Waals surface area contributed by atoms with Crippen LogP contribution in [0.25, 0.3) is 0 Å². The summed E-state index contributed by atoms with van der Waals surface area (Å²) in [5, 5.41) is 2.87. The third kappa shape index (κ3) is 4.70. The predicted molar refractivity (Wildman–Crippen MR) is 82.9 cm³/mol. The topological polar surface area (TPSA) is 52.7 Å². The third-order valence-corrected chi connectivity index (χ3v) is 4.78. The molecule has 2 amide bonds. The summed E-state index contributed by atoms with van der Waals surface area (Å²) < 4.78 is 0. The zero-order valence-electron chi connectivity index (χ0n) is 13.4. The second-order valence-electron chi connectivity index (χ2n) is 6.52. The quantitative estimate of drug-likeness (QED) is 0.830. The molecule has 2 rings (SSSR count). The Bertz CT molecular complexity index is 365. The summed E-state index contributed by atoms with van der Waals surface area (Å²) in [6.45, 7) is 5.77. The maximum absolute atomic E-state index is 12.5. The summed E-state index contributed by atoms with van der Waals surface area (Å²) in [5.74, 6) is 0.866. The number of nitrogens with one attached hydrogen (secondary N) is 1. The number of hydrogen-bond donors (Lipinski definition) is 1. The Morgan fingerprint density at radius 3 is 2.52 bits per heavy atom. The van der Waals surface area contributed by atoms with E-state index in [0.717, 1.165) is 44.8 Å².